The SMILES string of the molecule is O=C(c1cccc(-n2cc3cccc(Cl)c3c2O)c1)N1CCN(CC2CCCCC2)CC1. The first-order valence-electron chi connectivity index (χ1n) is 11.7. The molecule has 0 radical (unpaired) electrons. The van der Waals surface area contributed by atoms with Crippen LogP contribution < -0.4 is 0 Å². The van der Waals surface area contributed by atoms with E-state index in [-0.39, 0.29) is 11.8 Å². The number of carbonyl (C=O) groups is 1. The molecule has 2 heterocycles. The molecule has 2 fully saturated rings. The zero-order chi connectivity index (χ0) is 22.1. The van der Waals surface area contributed by atoms with Crippen LogP contribution in [0.1, 0.15) is 42.5 Å². The minimum Gasteiger partial charge on any atom is -0.494 e. The molecule has 0 atom stereocenters. The summed E-state index contributed by atoms with van der Waals surface area (Å²) >= 11 is 6.28. The lowest BCUT2D eigenvalue weighted by molar-refractivity contribution is 0.0606. The first kappa shape index (κ1) is 21.4. The zero-order valence-corrected chi connectivity index (χ0v) is 19.1. The molecule has 5 rings (SSSR count). The van der Waals surface area contributed by atoms with E-state index in [1.165, 1.54) is 38.6 Å². The van der Waals surface area contributed by atoms with Crippen LogP contribution in [-0.4, -0.2) is 58.1 Å². The summed E-state index contributed by atoms with van der Waals surface area (Å²) in [5.74, 6) is 0.978. The number of fused-ring (bicyclic) bond motifs is 1. The quantitative estimate of drug-likeness (QED) is 0.583. The van der Waals surface area contributed by atoms with Crippen LogP contribution in [0.25, 0.3) is 16.5 Å². The normalized spacial score (nSPS) is 18.3. The minimum absolute atomic E-state index is 0.0541. The number of amides is 1. The Morgan fingerprint density at radius 1 is 1.00 bits per heavy atom. The van der Waals surface area contributed by atoms with E-state index in [1.54, 1.807) is 10.6 Å². The largest absolute Gasteiger partial charge is 0.494 e. The molecule has 1 saturated carbocycles. The van der Waals surface area contributed by atoms with Gasteiger partial charge in [-0.1, -0.05) is 49.1 Å². The lowest BCUT2D eigenvalue weighted by atomic mass is 9.89. The van der Waals surface area contributed by atoms with Gasteiger partial charge in [0.15, 0.2) is 0 Å². The number of aromatic hydroxyl groups is 1. The molecule has 32 heavy (non-hydrogen) atoms. The molecular formula is C26H30ClN3O2. The topological polar surface area (TPSA) is 48.7 Å². The van der Waals surface area contributed by atoms with Crippen molar-refractivity contribution < 1.29 is 9.90 Å². The first-order valence-corrected chi connectivity index (χ1v) is 12.1. The van der Waals surface area contributed by atoms with Crippen LogP contribution in [0.15, 0.2) is 48.7 Å². The molecule has 2 aliphatic rings. The molecule has 1 aliphatic carbocycles. The van der Waals surface area contributed by atoms with Gasteiger partial charge in [-0.25, -0.2) is 0 Å². The van der Waals surface area contributed by atoms with Gasteiger partial charge < -0.3 is 10.0 Å². The Morgan fingerprint density at radius 2 is 1.75 bits per heavy atom. The summed E-state index contributed by atoms with van der Waals surface area (Å²) in [6.07, 6.45) is 8.71. The molecule has 0 spiro atoms. The maximum absolute atomic E-state index is 13.2. The average Bonchev–Trinajstić information content (AvgIpc) is 3.17. The van der Waals surface area contributed by atoms with Crippen molar-refractivity contribution in [1.82, 2.24) is 14.4 Å². The Kier molecular flexibility index (Phi) is 6.11. The van der Waals surface area contributed by atoms with E-state index < -0.39 is 0 Å². The van der Waals surface area contributed by atoms with E-state index in [1.807, 2.05) is 47.5 Å². The van der Waals surface area contributed by atoms with Gasteiger partial charge in [0.05, 0.1) is 10.4 Å². The molecule has 0 unspecified atom stereocenters. The van der Waals surface area contributed by atoms with E-state index in [4.69, 9.17) is 11.6 Å². The summed E-state index contributed by atoms with van der Waals surface area (Å²) in [7, 11) is 0. The molecule has 1 amide bonds. The Hall–Kier alpha value is -2.50. The molecule has 1 aliphatic heterocycles. The fraction of sp³-hybridized carbons (Fsp3) is 0.423. The summed E-state index contributed by atoms with van der Waals surface area (Å²) in [4.78, 5) is 17.7. The van der Waals surface area contributed by atoms with Gasteiger partial charge in [-0.2, -0.15) is 0 Å². The number of aromatic nitrogens is 1. The maximum Gasteiger partial charge on any atom is 0.254 e. The highest BCUT2D eigenvalue weighted by Crippen LogP contribution is 2.35. The van der Waals surface area contributed by atoms with E-state index in [9.17, 15) is 9.90 Å². The predicted molar refractivity (Wildman–Crippen MR) is 129 cm³/mol. The average molecular weight is 452 g/mol. The summed E-state index contributed by atoms with van der Waals surface area (Å²) in [6.45, 7) is 4.61. The summed E-state index contributed by atoms with van der Waals surface area (Å²) in [5, 5.41) is 12.7. The second-order valence-electron chi connectivity index (χ2n) is 9.17. The molecule has 168 valence electrons. The third kappa shape index (κ3) is 4.24. The van der Waals surface area contributed by atoms with Crippen LogP contribution in [0, 0.1) is 5.92 Å². The van der Waals surface area contributed by atoms with Gasteiger partial charge in [0.1, 0.15) is 0 Å². The molecule has 0 bridgehead atoms. The second-order valence-corrected chi connectivity index (χ2v) is 9.58. The lowest BCUT2D eigenvalue weighted by Crippen LogP contribution is -2.49. The number of hydrogen-bond acceptors (Lipinski definition) is 3. The molecule has 1 aromatic heterocycles. The number of hydrogen-bond donors (Lipinski definition) is 1. The van der Waals surface area contributed by atoms with E-state index in [0.717, 1.165) is 43.2 Å². The van der Waals surface area contributed by atoms with Gasteiger partial charge in [-0.15, -0.1) is 0 Å². The number of carbonyl (C=O) groups excluding carboxylic acids is 1. The van der Waals surface area contributed by atoms with E-state index >= 15 is 0 Å². The Balaban J connectivity index is 1.28. The summed E-state index contributed by atoms with van der Waals surface area (Å²) < 4.78 is 1.69. The smallest absolute Gasteiger partial charge is 0.254 e. The number of piperazine rings is 1. The second kappa shape index (κ2) is 9.16. The van der Waals surface area contributed by atoms with E-state index in [2.05, 4.69) is 4.90 Å². The molecule has 1 N–H and O–H groups in total. The summed E-state index contributed by atoms with van der Waals surface area (Å²) in [6, 6.07) is 13.0. The first-order chi connectivity index (χ1) is 15.6. The Bertz CT molecular complexity index is 1110. The monoisotopic (exact) mass is 451 g/mol. The van der Waals surface area contributed by atoms with Gasteiger partial charge in [0, 0.05) is 55.6 Å². The molecule has 1 saturated heterocycles. The molecular weight excluding hydrogens is 422 g/mol. The third-order valence-electron chi connectivity index (χ3n) is 7.04. The lowest BCUT2D eigenvalue weighted by Gasteiger charge is -2.37. The van der Waals surface area contributed by atoms with Gasteiger partial charge in [0.25, 0.3) is 5.91 Å². The highest BCUT2D eigenvalue weighted by atomic mass is 35.5. The van der Waals surface area contributed by atoms with Gasteiger partial charge >= 0.3 is 0 Å². The van der Waals surface area contributed by atoms with Crippen molar-refractivity contribution in [3.8, 4) is 11.6 Å². The number of halogens is 1. The summed E-state index contributed by atoms with van der Waals surface area (Å²) in [5.41, 5.74) is 1.39. The van der Waals surface area contributed by atoms with Crippen LogP contribution in [0.5, 0.6) is 5.88 Å². The molecule has 6 heteroatoms. The van der Waals surface area contributed by atoms with Crippen molar-refractivity contribution in [1.29, 1.82) is 0 Å². The van der Waals surface area contributed by atoms with Crippen LogP contribution in [0.3, 0.4) is 0 Å². The van der Waals surface area contributed by atoms with Crippen LogP contribution in [0.2, 0.25) is 5.02 Å². The van der Waals surface area contributed by atoms with Gasteiger partial charge in [-0.05, 0) is 43.0 Å². The maximum atomic E-state index is 13.2. The zero-order valence-electron chi connectivity index (χ0n) is 18.3. The van der Waals surface area contributed by atoms with Crippen LogP contribution in [-0.2, 0) is 0 Å². The van der Waals surface area contributed by atoms with Crippen LogP contribution >= 0.6 is 11.6 Å². The predicted octanol–water partition coefficient (Wildman–Crippen LogP) is 5.33. The highest BCUT2D eigenvalue weighted by Gasteiger charge is 2.25. The Labute approximate surface area is 194 Å². The minimum atomic E-state index is 0.0541. The standard InChI is InChI=1S/C26H30ClN3O2/c27-23-11-5-9-21-18-30(26(32)24(21)23)22-10-4-8-20(16-22)25(31)29-14-12-28(13-15-29)17-19-6-2-1-3-7-19/h4-5,8-11,16,18-19,32H,1-3,6-7,12-15,17H2. The fourth-order valence-corrected chi connectivity index (χ4v) is 5.51. The van der Waals surface area contributed by atoms with Crippen molar-refractivity contribution in [3.63, 3.8) is 0 Å². The van der Waals surface area contributed by atoms with Gasteiger partial charge in [0.2, 0.25) is 5.88 Å². The van der Waals surface area contributed by atoms with E-state index in [0.29, 0.717) is 16.0 Å². The van der Waals surface area contributed by atoms with Crippen molar-refractivity contribution in [2.45, 2.75) is 32.1 Å². The van der Waals surface area contributed by atoms with Crippen molar-refractivity contribution in [2.75, 3.05) is 32.7 Å². The molecule has 2 aromatic carbocycles. The Morgan fingerprint density at radius 3 is 2.50 bits per heavy atom. The number of rotatable bonds is 4. The third-order valence-corrected chi connectivity index (χ3v) is 7.35. The van der Waals surface area contributed by atoms with Gasteiger partial charge in [-0.3, -0.25) is 14.3 Å². The number of benzene rings is 2. The van der Waals surface area contributed by atoms with Crippen molar-refractivity contribution >= 4 is 28.3 Å². The van der Waals surface area contributed by atoms with Crippen molar-refractivity contribution in [2.24, 2.45) is 5.92 Å². The van der Waals surface area contributed by atoms with Crippen LogP contribution in [0.4, 0.5) is 0 Å². The number of nitrogens with zero attached hydrogens (tertiary/aromatic N) is 3. The fourth-order valence-electron chi connectivity index (χ4n) is 5.24. The van der Waals surface area contributed by atoms with Crippen molar-refractivity contribution in [3.05, 3.63) is 59.2 Å². The molecule has 5 nitrogen and oxygen atoms in total. The highest BCUT2D eigenvalue weighted by molar-refractivity contribution is 6.36. The molecule has 3 aromatic rings.